The van der Waals surface area contributed by atoms with Gasteiger partial charge in [0.25, 0.3) is 0 Å². The van der Waals surface area contributed by atoms with Gasteiger partial charge in [0.15, 0.2) is 11.5 Å². The summed E-state index contributed by atoms with van der Waals surface area (Å²) in [7, 11) is 1.57. The highest BCUT2D eigenvalue weighted by atomic mass is 16.5. The smallest absolute Gasteiger partial charge is 0.160 e. The molecule has 0 atom stereocenters. The van der Waals surface area contributed by atoms with Crippen LogP contribution in [0.1, 0.15) is 26.3 Å². The maximum atomic E-state index is 9.41. The third-order valence-electron chi connectivity index (χ3n) is 1.98. The van der Waals surface area contributed by atoms with Gasteiger partial charge in [-0.15, -0.1) is 0 Å². The number of phenolic OH excluding ortho intramolecular Hbond substituents is 1. The fourth-order valence-corrected chi connectivity index (χ4v) is 1.44. The molecule has 0 aliphatic heterocycles. The summed E-state index contributed by atoms with van der Waals surface area (Å²) in [5.41, 5.74) is 1.44. The van der Waals surface area contributed by atoms with Gasteiger partial charge in [0, 0.05) is 0 Å². The zero-order valence-electron chi connectivity index (χ0n) is 9.29. The molecule has 1 rings (SSSR count). The third kappa shape index (κ3) is 2.95. The van der Waals surface area contributed by atoms with Crippen molar-refractivity contribution >= 4 is 0 Å². The number of ether oxygens (including phenoxy) is 1. The van der Waals surface area contributed by atoms with Crippen molar-refractivity contribution in [2.75, 3.05) is 7.11 Å². The van der Waals surface area contributed by atoms with Crippen LogP contribution in [0.5, 0.6) is 11.5 Å². The normalized spacial score (nSPS) is 11.4. The minimum Gasteiger partial charge on any atom is -0.504 e. The molecule has 14 heavy (non-hydrogen) atoms. The van der Waals surface area contributed by atoms with Gasteiger partial charge >= 0.3 is 0 Å². The molecular weight excluding hydrogens is 176 g/mol. The molecular formula is C12H18O2. The van der Waals surface area contributed by atoms with E-state index in [4.69, 9.17) is 4.74 Å². The molecule has 2 heteroatoms. The topological polar surface area (TPSA) is 29.5 Å². The van der Waals surface area contributed by atoms with Crippen LogP contribution in [0.3, 0.4) is 0 Å². The molecule has 0 unspecified atom stereocenters. The van der Waals surface area contributed by atoms with Crippen LogP contribution in [0, 0.1) is 5.41 Å². The zero-order chi connectivity index (χ0) is 10.8. The van der Waals surface area contributed by atoms with Crippen molar-refractivity contribution in [1.82, 2.24) is 0 Å². The molecule has 0 fully saturated rings. The minimum absolute atomic E-state index is 0.199. The van der Waals surface area contributed by atoms with Gasteiger partial charge in [-0.1, -0.05) is 26.8 Å². The van der Waals surface area contributed by atoms with Gasteiger partial charge in [-0.2, -0.15) is 0 Å². The maximum absolute atomic E-state index is 9.41. The molecule has 78 valence electrons. The van der Waals surface area contributed by atoms with E-state index in [1.54, 1.807) is 13.2 Å². The monoisotopic (exact) mass is 194 g/mol. The van der Waals surface area contributed by atoms with Crippen molar-refractivity contribution in [3.05, 3.63) is 23.8 Å². The molecule has 0 bridgehead atoms. The second-order valence-electron chi connectivity index (χ2n) is 4.74. The van der Waals surface area contributed by atoms with Gasteiger partial charge in [-0.3, -0.25) is 0 Å². The van der Waals surface area contributed by atoms with Crippen LogP contribution < -0.4 is 4.74 Å². The van der Waals surface area contributed by atoms with E-state index in [9.17, 15) is 5.11 Å². The van der Waals surface area contributed by atoms with Crippen molar-refractivity contribution in [3.8, 4) is 11.5 Å². The highest BCUT2D eigenvalue weighted by Crippen LogP contribution is 2.29. The summed E-state index contributed by atoms with van der Waals surface area (Å²) < 4.78 is 5.05. The zero-order valence-corrected chi connectivity index (χ0v) is 9.29. The van der Waals surface area contributed by atoms with Crippen LogP contribution in [0.15, 0.2) is 18.2 Å². The van der Waals surface area contributed by atoms with Crippen molar-refractivity contribution < 1.29 is 9.84 Å². The quantitative estimate of drug-likeness (QED) is 0.784. The van der Waals surface area contributed by atoms with Crippen molar-refractivity contribution in [3.63, 3.8) is 0 Å². The Balaban J connectivity index is 2.90. The van der Waals surface area contributed by atoms with Crippen LogP contribution in [0.2, 0.25) is 0 Å². The maximum Gasteiger partial charge on any atom is 0.160 e. The third-order valence-corrected chi connectivity index (χ3v) is 1.98. The van der Waals surface area contributed by atoms with Crippen molar-refractivity contribution in [1.29, 1.82) is 0 Å². The lowest BCUT2D eigenvalue weighted by Gasteiger charge is -2.18. The second-order valence-corrected chi connectivity index (χ2v) is 4.74. The molecule has 1 aromatic carbocycles. The van der Waals surface area contributed by atoms with E-state index >= 15 is 0 Å². The number of aromatic hydroxyl groups is 1. The predicted molar refractivity (Wildman–Crippen MR) is 57.8 cm³/mol. The molecule has 0 amide bonds. The standard InChI is InChI=1S/C12H18O2/c1-12(2,3)8-9-5-6-10(13)11(7-9)14-4/h5-7,13H,8H2,1-4H3. The Morgan fingerprint density at radius 2 is 1.93 bits per heavy atom. The van der Waals surface area contributed by atoms with Gasteiger partial charge in [-0.05, 0) is 29.5 Å². The summed E-state index contributed by atoms with van der Waals surface area (Å²) in [5, 5.41) is 9.41. The largest absolute Gasteiger partial charge is 0.504 e. The highest BCUT2D eigenvalue weighted by Gasteiger charge is 2.12. The lowest BCUT2D eigenvalue weighted by molar-refractivity contribution is 0.370. The lowest BCUT2D eigenvalue weighted by Crippen LogP contribution is -2.09. The number of hydrogen-bond donors (Lipinski definition) is 1. The van der Waals surface area contributed by atoms with E-state index in [2.05, 4.69) is 20.8 Å². The van der Waals surface area contributed by atoms with Crippen molar-refractivity contribution in [2.24, 2.45) is 5.41 Å². The summed E-state index contributed by atoms with van der Waals surface area (Å²) in [5.74, 6) is 0.747. The summed E-state index contributed by atoms with van der Waals surface area (Å²) in [4.78, 5) is 0. The van der Waals surface area contributed by atoms with Gasteiger partial charge in [0.05, 0.1) is 7.11 Å². The molecule has 0 saturated carbocycles. The van der Waals surface area contributed by atoms with Crippen LogP contribution in [0.25, 0.3) is 0 Å². The van der Waals surface area contributed by atoms with Gasteiger partial charge in [0.2, 0.25) is 0 Å². The summed E-state index contributed by atoms with van der Waals surface area (Å²) in [6, 6.07) is 5.50. The van der Waals surface area contributed by atoms with Crippen molar-refractivity contribution in [2.45, 2.75) is 27.2 Å². The number of rotatable bonds is 2. The average molecular weight is 194 g/mol. The van der Waals surface area contributed by atoms with Crippen LogP contribution >= 0.6 is 0 Å². The lowest BCUT2D eigenvalue weighted by atomic mass is 9.88. The Hall–Kier alpha value is -1.18. The molecule has 0 aliphatic carbocycles. The highest BCUT2D eigenvalue weighted by molar-refractivity contribution is 5.41. The first kappa shape index (κ1) is 10.9. The summed E-state index contributed by atoms with van der Waals surface area (Å²) >= 11 is 0. The Morgan fingerprint density at radius 3 is 2.43 bits per heavy atom. The molecule has 0 heterocycles. The first-order valence-electron chi connectivity index (χ1n) is 4.78. The fourth-order valence-electron chi connectivity index (χ4n) is 1.44. The molecule has 1 aromatic rings. The van der Waals surface area contributed by atoms with Gasteiger partial charge < -0.3 is 9.84 Å². The van der Waals surface area contributed by atoms with E-state index in [0.717, 1.165) is 6.42 Å². The Kier molecular flexibility index (Phi) is 3.04. The van der Waals surface area contributed by atoms with E-state index in [1.807, 2.05) is 12.1 Å². The van der Waals surface area contributed by atoms with Gasteiger partial charge in [-0.25, -0.2) is 0 Å². The Labute approximate surface area is 85.5 Å². The Morgan fingerprint density at radius 1 is 1.29 bits per heavy atom. The van der Waals surface area contributed by atoms with E-state index < -0.39 is 0 Å². The average Bonchev–Trinajstić information content (AvgIpc) is 2.06. The number of hydrogen-bond acceptors (Lipinski definition) is 2. The van der Waals surface area contributed by atoms with Gasteiger partial charge in [0.1, 0.15) is 0 Å². The second kappa shape index (κ2) is 3.91. The summed E-state index contributed by atoms with van der Waals surface area (Å²) in [6.45, 7) is 6.56. The molecule has 0 saturated heterocycles. The minimum atomic E-state index is 0.199. The number of phenols is 1. The SMILES string of the molecule is COc1cc(CC(C)(C)C)ccc1O. The Bertz CT molecular complexity index is 311. The first-order valence-corrected chi connectivity index (χ1v) is 4.78. The van der Waals surface area contributed by atoms with Crippen LogP contribution in [-0.4, -0.2) is 12.2 Å². The molecule has 0 radical (unpaired) electrons. The van der Waals surface area contributed by atoms with E-state index in [0.29, 0.717) is 5.75 Å². The van der Waals surface area contributed by atoms with E-state index in [-0.39, 0.29) is 11.2 Å². The van der Waals surface area contributed by atoms with Crippen LogP contribution in [0.4, 0.5) is 0 Å². The molecule has 0 aliphatic rings. The number of benzene rings is 1. The number of methoxy groups -OCH3 is 1. The van der Waals surface area contributed by atoms with E-state index in [1.165, 1.54) is 5.56 Å². The van der Waals surface area contributed by atoms with Crippen LogP contribution in [-0.2, 0) is 6.42 Å². The summed E-state index contributed by atoms with van der Waals surface area (Å²) in [6.07, 6.45) is 0.976. The predicted octanol–water partition coefficient (Wildman–Crippen LogP) is 2.99. The molecule has 0 aromatic heterocycles. The molecule has 1 N–H and O–H groups in total. The first-order chi connectivity index (χ1) is 6.42. The fraction of sp³-hybridized carbons (Fsp3) is 0.500. The molecule has 0 spiro atoms. The molecule has 2 nitrogen and oxygen atoms in total.